The minimum Gasteiger partial charge on any atom is -0.309 e. The summed E-state index contributed by atoms with van der Waals surface area (Å²) in [6.45, 7) is 0. The van der Waals surface area contributed by atoms with E-state index in [4.69, 9.17) is 9.97 Å². The summed E-state index contributed by atoms with van der Waals surface area (Å²) in [5.74, 6) is 0.817. The number of hydrogen-bond donors (Lipinski definition) is 0. The lowest BCUT2D eigenvalue weighted by Gasteiger charge is -2.15. The molecule has 0 unspecified atom stereocenters. The summed E-state index contributed by atoms with van der Waals surface area (Å²) in [6.07, 6.45) is 0. The Kier molecular flexibility index (Phi) is 6.41. The highest BCUT2D eigenvalue weighted by Crippen LogP contribution is 2.47. The van der Waals surface area contributed by atoms with Crippen LogP contribution in [0.4, 0.5) is 0 Å². The molecule has 0 amide bonds. The summed E-state index contributed by atoms with van der Waals surface area (Å²) in [5, 5.41) is 12.8. The molecule has 0 N–H and O–H groups in total. The maximum Gasteiger partial charge on any atom is 0.165 e. The molecule has 4 nitrogen and oxygen atoms in total. The highest BCUT2D eigenvalue weighted by molar-refractivity contribution is 6.39. The Hall–Kier alpha value is -7.82. The molecule has 0 saturated carbocycles. The first-order valence-electron chi connectivity index (χ1n) is 19.8. The molecule has 3 aromatic heterocycles. The number of fused-ring (bicyclic) bond motifs is 9. The maximum atomic E-state index is 5.36. The van der Waals surface area contributed by atoms with E-state index in [9.17, 15) is 0 Å². The van der Waals surface area contributed by atoms with Crippen molar-refractivity contribution in [3.05, 3.63) is 194 Å². The molecule has 4 heteroatoms. The Labute approximate surface area is 332 Å². The van der Waals surface area contributed by atoms with Gasteiger partial charge in [0.1, 0.15) is 5.69 Å². The van der Waals surface area contributed by atoms with Crippen molar-refractivity contribution in [2.45, 2.75) is 0 Å². The molecule has 3 heterocycles. The largest absolute Gasteiger partial charge is 0.309 e. The molecular formula is C54H32N4. The minimum absolute atomic E-state index is 0.817. The standard InChI is InChI=1S/C54H32N4/c1-2-19-38-35(14-1)32-49-52-50(38)42-23-4-3-20-39(42)43-24-13-29-48(51(43)52)57(49)37-18-12-16-34(31-37)33-15-11-17-36(30-33)53-54(56-45-26-8-7-25-44(45)55-53)58-46-27-9-5-21-40(46)41-22-6-10-28-47(41)58/h1-32H. The van der Waals surface area contributed by atoms with E-state index in [0.717, 1.165) is 56.0 Å². The lowest BCUT2D eigenvalue weighted by atomic mass is 9.91. The van der Waals surface area contributed by atoms with E-state index in [1.54, 1.807) is 0 Å². The zero-order valence-electron chi connectivity index (χ0n) is 31.3. The second kappa shape index (κ2) is 11.8. The van der Waals surface area contributed by atoms with E-state index in [1.165, 1.54) is 64.9 Å². The molecule has 0 aliphatic rings. The van der Waals surface area contributed by atoms with Crippen LogP contribution >= 0.6 is 0 Å². The summed E-state index contributed by atoms with van der Waals surface area (Å²) < 4.78 is 4.75. The molecule has 0 radical (unpaired) electrons. The molecule has 10 aromatic carbocycles. The number of para-hydroxylation sites is 4. The van der Waals surface area contributed by atoms with E-state index in [1.807, 2.05) is 12.1 Å². The number of benzene rings is 10. The van der Waals surface area contributed by atoms with Crippen molar-refractivity contribution in [2.24, 2.45) is 0 Å². The quantitative estimate of drug-likeness (QED) is 0.169. The molecule has 13 rings (SSSR count). The zero-order chi connectivity index (χ0) is 37.9. The van der Waals surface area contributed by atoms with Crippen LogP contribution in [0.15, 0.2) is 194 Å². The summed E-state index contributed by atoms with van der Waals surface area (Å²) in [4.78, 5) is 10.7. The first kappa shape index (κ1) is 31.4. The number of rotatable bonds is 4. The fourth-order valence-electron chi connectivity index (χ4n) is 9.76. The van der Waals surface area contributed by atoms with Crippen LogP contribution in [0.2, 0.25) is 0 Å². The van der Waals surface area contributed by atoms with Gasteiger partial charge in [-0.2, -0.15) is 0 Å². The predicted molar refractivity (Wildman–Crippen MR) is 243 cm³/mol. The lowest BCUT2D eigenvalue weighted by molar-refractivity contribution is 1.08. The first-order chi connectivity index (χ1) is 28.8. The van der Waals surface area contributed by atoms with Crippen LogP contribution in [0.5, 0.6) is 0 Å². The average Bonchev–Trinajstić information content (AvgIpc) is 3.81. The molecular weight excluding hydrogens is 705 g/mol. The minimum atomic E-state index is 0.817. The van der Waals surface area contributed by atoms with Gasteiger partial charge in [-0.05, 0) is 92.7 Å². The summed E-state index contributed by atoms with van der Waals surface area (Å²) in [5.41, 5.74) is 11.6. The lowest BCUT2D eigenvalue weighted by Crippen LogP contribution is -2.03. The van der Waals surface area contributed by atoms with E-state index >= 15 is 0 Å². The third kappa shape index (κ3) is 4.34. The van der Waals surface area contributed by atoms with Crippen molar-refractivity contribution in [2.75, 3.05) is 0 Å². The fourth-order valence-corrected chi connectivity index (χ4v) is 9.76. The Morgan fingerprint density at radius 3 is 1.66 bits per heavy atom. The SMILES string of the molecule is c1cc(-c2cccc(-n3c4cccc5c6ccccc6c6c7ccccc7cc3c6c54)c2)cc(-c2nc3ccccc3nc2-n2c3ccccc3c3ccccc32)c1. The molecule has 0 aliphatic carbocycles. The highest BCUT2D eigenvalue weighted by Gasteiger charge is 2.23. The molecule has 0 atom stereocenters. The predicted octanol–water partition coefficient (Wildman–Crippen LogP) is 14.1. The van der Waals surface area contributed by atoms with E-state index < -0.39 is 0 Å². The summed E-state index contributed by atoms with van der Waals surface area (Å²) in [7, 11) is 0. The number of aromatic nitrogens is 4. The Morgan fingerprint density at radius 1 is 0.310 bits per heavy atom. The van der Waals surface area contributed by atoms with Crippen LogP contribution in [-0.4, -0.2) is 19.1 Å². The molecule has 0 spiro atoms. The van der Waals surface area contributed by atoms with Gasteiger partial charge in [-0.1, -0.05) is 140 Å². The second-order valence-corrected chi connectivity index (χ2v) is 15.3. The number of nitrogens with zero attached hydrogens (tertiary/aromatic N) is 4. The van der Waals surface area contributed by atoms with E-state index in [2.05, 4.69) is 191 Å². The first-order valence-corrected chi connectivity index (χ1v) is 19.8. The number of hydrogen-bond acceptors (Lipinski definition) is 2. The topological polar surface area (TPSA) is 35.6 Å². The van der Waals surface area contributed by atoms with Crippen LogP contribution in [-0.2, 0) is 0 Å². The monoisotopic (exact) mass is 736 g/mol. The van der Waals surface area contributed by atoms with Crippen LogP contribution in [0.1, 0.15) is 0 Å². The molecule has 13 aromatic rings. The van der Waals surface area contributed by atoms with Crippen molar-refractivity contribution in [1.29, 1.82) is 0 Å². The van der Waals surface area contributed by atoms with Gasteiger partial charge in [-0.25, -0.2) is 9.97 Å². The molecule has 0 saturated heterocycles. The van der Waals surface area contributed by atoms with E-state index in [-0.39, 0.29) is 0 Å². The normalized spacial score (nSPS) is 12.1. The van der Waals surface area contributed by atoms with Gasteiger partial charge in [0.2, 0.25) is 0 Å². The van der Waals surface area contributed by atoms with Gasteiger partial charge in [-0.3, -0.25) is 4.57 Å². The molecule has 268 valence electrons. The zero-order valence-corrected chi connectivity index (χ0v) is 31.3. The second-order valence-electron chi connectivity index (χ2n) is 15.3. The van der Waals surface area contributed by atoms with Gasteiger partial charge in [0.15, 0.2) is 5.82 Å². The summed E-state index contributed by atoms with van der Waals surface area (Å²) >= 11 is 0. The third-order valence-corrected chi connectivity index (χ3v) is 12.2. The molecule has 0 fully saturated rings. The van der Waals surface area contributed by atoms with Gasteiger partial charge in [-0.15, -0.1) is 0 Å². The molecule has 0 bridgehead atoms. The van der Waals surface area contributed by atoms with Crippen molar-refractivity contribution in [3.8, 4) is 33.9 Å². The smallest absolute Gasteiger partial charge is 0.165 e. The van der Waals surface area contributed by atoms with Crippen molar-refractivity contribution in [3.63, 3.8) is 0 Å². The van der Waals surface area contributed by atoms with Crippen LogP contribution < -0.4 is 0 Å². The fraction of sp³-hybridized carbons (Fsp3) is 0. The Balaban J connectivity index is 1.03. The molecule has 0 aliphatic heterocycles. The van der Waals surface area contributed by atoms with Gasteiger partial charge >= 0.3 is 0 Å². The van der Waals surface area contributed by atoms with Gasteiger partial charge in [0.05, 0.1) is 33.1 Å². The van der Waals surface area contributed by atoms with Gasteiger partial charge in [0.25, 0.3) is 0 Å². The Morgan fingerprint density at radius 2 is 0.862 bits per heavy atom. The van der Waals surface area contributed by atoms with Crippen LogP contribution in [0, 0.1) is 0 Å². The summed E-state index contributed by atoms with van der Waals surface area (Å²) in [6, 6.07) is 70.0. The van der Waals surface area contributed by atoms with Crippen LogP contribution in [0.3, 0.4) is 0 Å². The average molecular weight is 737 g/mol. The van der Waals surface area contributed by atoms with Gasteiger partial charge < -0.3 is 4.57 Å². The Bertz CT molecular complexity index is 3750. The third-order valence-electron chi connectivity index (χ3n) is 12.2. The van der Waals surface area contributed by atoms with Crippen molar-refractivity contribution in [1.82, 2.24) is 19.1 Å². The van der Waals surface area contributed by atoms with Crippen molar-refractivity contribution < 1.29 is 0 Å². The highest BCUT2D eigenvalue weighted by atomic mass is 15.1. The van der Waals surface area contributed by atoms with Crippen LogP contribution in [0.25, 0.3) is 121 Å². The maximum absolute atomic E-state index is 5.36. The van der Waals surface area contributed by atoms with E-state index in [0.29, 0.717) is 0 Å². The van der Waals surface area contributed by atoms with Gasteiger partial charge in [0, 0.05) is 38.2 Å². The van der Waals surface area contributed by atoms with Crippen molar-refractivity contribution >= 4 is 87.0 Å². The molecule has 58 heavy (non-hydrogen) atoms.